The van der Waals surface area contributed by atoms with E-state index in [2.05, 4.69) is 49.4 Å². The summed E-state index contributed by atoms with van der Waals surface area (Å²) in [5.41, 5.74) is 1.36. The molecular formula is C16H23NS. The van der Waals surface area contributed by atoms with Crippen molar-refractivity contribution in [1.82, 2.24) is 5.32 Å². The molecular weight excluding hydrogens is 238 g/mol. The van der Waals surface area contributed by atoms with E-state index in [1.54, 1.807) is 0 Å². The fourth-order valence-corrected chi connectivity index (χ4v) is 2.89. The maximum Gasteiger partial charge on any atom is 0.0170 e. The minimum absolute atomic E-state index is 0.519. The molecule has 2 heteroatoms. The second-order valence-corrected chi connectivity index (χ2v) is 5.53. The molecule has 98 valence electrons. The summed E-state index contributed by atoms with van der Waals surface area (Å²) in [6.07, 6.45) is 8.44. The molecule has 0 aliphatic heterocycles. The van der Waals surface area contributed by atoms with Crippen LogP contribution >= 0.6 is 11.8 Å². The van der Waals surface area contributed by atoms with Crippen molar-refractivity contribution in [2.45, 2.75) is 44.0 Å². The summed E-state index contributed by atoms with van der Waals surface area (Å²) in [5, 5.41) is 3.58. The van der Waals surface area contributed by atoms with E-state index in [9.17, 15) is 0 Å². The van der Waals surface area contributed by atoms with Crippen LogP contribution in [-0.2, 0) is 0 Å². The molecule has 1 aromatic rings. The Bertz CT molecular complexity index is 381. The third kappa shape index (κ3) is 5.62. The number of hydrogen-bond donors (Lipinski definition) is 1. The Labute approximate surface area is 116 Å². The van der Waals surface area contributed by atoms with Crippen molar-refractivity contribution in [3.05, 3.63) is 29.8 Å². The zero-order valence-corrected chi connectivity index (χ0v) is 12.2. The molecule has 0 radical (unpaired) electrons. The highest BCUT2D eigenvalue weighted by atomic mass is 32.2. The predicted molar refractivity (Wildman–Crippen MR) is 82.1 cm³/mol. The van der Waals surface area contributed by atoms with E-state index in [1.807, 2.05) is 11.8 Å². The first-order chi connectivity index (χ1) is 8.77. The standard InChI is InChI=1S/C16H23NS/c1-4-6-10-15(17-12-5-2)13-18-16-11-8-7-9-14(16)3/h1,7-9,11,15,17H,5-6,10,12-13H2,2-3H3. The van der Waals surface area contributed by atoms with Crippen LogP contribution in [0.5, 0.6) is 0 Å². The average molecular weight is 261 g/mol. The minimum Gasteiger partial charge on any atom is -0.313 e. The summed E-state index contributed by atoms with van der Waals surface area (Å²) in [6.45, 7) is 5.43. The fourth-order valence-electron chi connectivity index (χ4n) is 1.76. The Hall–Kier alpha value is -0.910. The van der Waals surface area contributed by atoms with Gasteiger partial charge in [-0.15, -0.1) is 24.1 Å². The summed E-state index contributed by atoms with van der Waals surface area (Å²) in [7, 11) is 0. The zero-order chi connectivity index (χ0) is 13.2. The number of rotatable bonds is 8. The first kappa shape index (κ1) is 15.1. The Morgan fingerprint density at radius 2 is 2.17 bits per heavy atom. The molecule has 0 saturated carbocycles. The number of hydrogen-bond acceptors (Lipinski definition) is 2. The molecule has 0 heterocycles. The van der Waals surface area contributed by atoms with Crippen LogP contribution in [0.3, 0.4) is 0 Å². The summed E-state index contributed by atoms with van der Waals surface area (Å²) >= 11 is 1.92. The fraction of sp³-hybridized carbons (Fsp3) is 0.500. The van der Waals surface area contributed by atoms with Crippen molar-refractivity contribution in [1.29, 1.82) is 0 Å². The van der Waals surface area contributed by atoms with Gasteiger partial charge < -0.3 is 5.32 Å². The third-order valence-electron chi connectivity index (χ3n) is 2.85. The van der Waals surface area contributed by atoms with Gasteiger partial charge in [-0.05, 0) is 37.9 Å². The lowest BCUT2D eigenvalue weighted by molar-refractivity contribution is 0.526. The molecule has 0 aromatic heterocycles. The second kappa shape index (κ2) is 9.08. The number of terminal acetylenes is 1. The molecule has 1 atom stereocenters. The van der Waals surface area contributed by atoms with Crippen molar-refractivity contribution in [2.24, 2.45) is 0 Å². The van der Waals surface area contributed by atoms with E-state index in [-0.39, 0.29) is 0 Å². The Kier molecular flexibility index (Phi) is 7.64. The second-order valence-electron chi connectivity index (χ2n) is 4.47. The zero-order valence-electron chi connectivity index (χ0n) is 11.4. The molecule has 1 aromatic carbocycles. The van der Waals surface area contributed by atoms with Crippen molar-refractivity contribution in [3.63, 3.8) is 0 Å². The number of aryl methyl sites for hydroxylation is 1. The van der Waals surface area contributed by atoms with Gasteiger partial charge in [0, 0.05) is 23.1 Å². The Morgan fingerprint density at radius 3 is 2.83 bits per heavy atom. The molecule has 0 bridgehead atoms. The van der Waals surface area contributed by atoms with E-state index < -0.39 is 0 Å². The molecule has 0 spiro atoms. The molecule has 0 aliphatic rings. The van der Waals surface area contributed by atoms with Gasteiger partial charge in [0.05, 0.1) is 0 Å². The lowest BCUT2D eigenvalue weighted by atomic mass is 10.2. The van der Waals surface area contributed by atoms with Gasteiger partial charge in [-0.25, -0.2) is 0 Å². The van der Waals surface area contributed by atoms with Crippen LogP contribution in [0.15, 0.2) is 29.2 Å². The maximum absolute atomic E-state index is 5.35. The molecule has 0 aliphatic carbocycles. The van der Waals surface area contributed by atoms with Gasteiger partial charge in [-0.1, -0.05) is 25.1 Å². The van der Waals surface area contributed by atoms with Crippen LogP contribution in [0.4, 0.5) is 0 Å². The largest absolute Gasteiger partial charge is 0.313 e. The Balaban J connectivity index is 2.45. The van der Waals surface area contributed by atoms with Crippen LogP contribution in [0.2, 0.25) is 0 Å². The van der Waals surface area contributed by atoms with Crippen molar-refractivity contribution in [2.75, 3.05) is 12.3 Å². The summed E-state index contributed by atoms with van der Waals surface area (Å²) in [5.74, 6) is 3.82. The highest BCUT2D eigenvalue weighted by molar-refractivity contribution is 7.99. The van der Waals surface area contributed by atoms with E-state index >= 15 is 0 Å². The van der Waals surface area contributed by atoms with E-state index in [4.69, 9.17) is 6.42 Å². The first-order valence-electron chi connectivity index (χ1n) is 6.63. The summed E-state index contributed by atoms with van der Waals surface area (Å²) in [6, 6.07) is 9.07. The number of nitrogens with one attached hydrogen (secondary N) is 1. The van der Waals surface area contributed by atoms with Gasteiger partial charge in [0.15, 0.2) is 0 Å². The van der Waals surface area contributed by atoms with Gasteiger partial charge in [0.25, 0.3) is 0 Å². The lowest BCUT2D eigenvalue weighted by Gasteiger charge is -2.17. The third-order valence-corrected chi connectivity index (χ3v) is 4.19. The van der Waals surface area contributed by atoms with Gasteiger partial charge in [0.1, 0.15) is 0 Å². The molecule has 0 saturated heterocycles. The van der Waals surface area contributed by atoms with Crippen molar-refractivity contribution >= 4 is 11.8 Å². The molecule has 1 nitrogen and oxygen atoms in total. The van der Waals surface area contributed by atoms with E-state index in [1.165, 1.54) is 16.9 Å². The quantitative estimate of drug-likeness (QED) is 0.563. The van der Waals surface area contributed by atoms with Gasteiger partial charge in [0.2, 0.25) is 0 Å². The van der Waals surface area contributed by atoms with Crippen molar-refractivity contribution in [3.8, 4) is 12.3 Å². The summed E-state index contributed by atoms with van der Waals surface area (Å²) in [4.78, 5) is 1.38. The maximum atomic E-state index is 5.35. The first-order valence-corrected chi connectivity index (χ1v) is 7.61. The van der Waals surface area contributed by atoms with Crippen LogP contribution < -0.4 is 5.32 Å². The van der Waals surface area contributed by atoms with Crippen LogP contribution in [0.1, 0.15) is 31.7 Å². The van der Waals surface area contributed by atoms with Gasteiger partial charge >= 0.3 is 0 Å². The van der Waals surface area contributed by atoms with E-state index in [0.717, 1.165) is 25.1 Å². The highest BCUT2D eigenvalue weighted by Gasteiger charge is 2.08. The molecule has 1 rings (SSSR count). The normalized spacial score (nSPS) is 12.1. The SMILES string of the molecule is C#CCCC(CSc1ccccc1C)NCCC. The van der Waals surface area contributed by atoms with Crippen LogP contribution in [0, 0.1) is 19.3 Å². The molecule has 0 amide bonds. The molecule has 18 heavy (non-hydrogen) atoms. The average Bonchev–Trinajstić information content (AvgIpc) is 2.39. The highest BCUT2D eigenvalue weighted by Crippen LogP contribution is 2.23. The molecule has 1 unspecified atom stereocenters. The number of thioether (sulfide) groups is 1. The van der Waals surface area contributed by atoms with Crippen LogP contribution in [-0.4, -0.2) is 18.3 Å². The minimum atomic E-state index is 0.519. The lowest BCUT2D eigenvalue weighted by Crippen LogP contribution is -2.31. The Morgan fingerprint density at radius 1 is 1.39 bits per heavy atom. The van der Waals surface area contributed by atoms with Crippen LogP contribution in [0.25, 0.3) is 0 Å². The van der Waals surface area contributed by atoms with E-state index in [0.29, 0.717) is 6.04 Å². The van der Waals surface area contributed by atoms with Gasteiger partial charge in [-0.2, -0.15) is 0 Å². The van der Waals surface area contributed by atoms with Gasteiger partial charge in [-0.3, -0.25) is 0 Å². The molecule has 0 fully saturated rings. The predicted octanol–water partition coefficient (Wildman–Crippen LogP) is 3.87. The number of benzene rings is 1. The molecule has 1 N–H and O–H groups in total. The van der Waals surface area contributed by atoms with Crippen molar-refractivity contribution < 1.29 is 0 Å². The smallest absolute Gasteiger partial charge is 0.0170 e. The monoisotopic (exact) mass is 261 g/mol. The topological polar surface area (TPSA) is 12.0 Å². The summed E-state index contributed by atoms with van der Waals surface area (Å²) < 4.78 is 0.